The second-order valence-electron chi connectivity index (χ2n) is 4.22. The molecule has 0 saturated heterocycles. The van der Waals surface area contributed by atoms with E-state index >= 15 is 0 Å². The summed E-state index contributed by atoms with van der Waals surface area (Å²) in [4.78, 5) is 4.15. The van der Waals surface area contributed by atoms with E-state index in [2.05, 4.69) is 30.2 Å². The standard InChI is InChI=1S/C13H18ClN3/c1-3-4-5-6-10(2)16-13-8-11(9-15)7-12(14)17-13/h7-8,10H,3-6H2,1-2H3,(H,16,17). The van der Waals surface area contributed by atoms with E-state index in [1.807, 2.05) is 0 Å². The minimum atomic E-state index is 0.346. The average molecular weight is 252 g/mol. The normalized spacial score (nSPS) is 11.9. The first-order valence-corrected chi connectivity index (χ1v) is 6.37. The van der Waals surface area contributed by atoms with Crippen molar-refractivity contribution >= 4 is 17.4 Å². The van der Waals surface area contributed by atoms with E-state index in [9.17, 15) is 0 Å². The molecule has 0 aliphatic heterocycles. The Morgan fingerprint density at radius 1 is 1.47 bits per heavy atom. The van der Waals surface area contributed by atoms with E-state index in [-0.39, 0.29) is 0 Å². The minimum Gasteiger partial charge on any atom is -0.368 e. The highest BCUT2D eigenvalue weighted by Crippen LogP contribution is 2.16. The lowest BCUT2D eigenvalue weighted by Crippen LogP contribution is -2.15. The first-order chi connectivity index (χ1) is 8.15. The Labute approximate surface area is 108 Å². The maximum Gasteiger partial charge on any atom is 0.132 e. The van der Waals surface area contributed by atoms with Crippen LogP contribution in [-0.4, -0.2) is 11.0 Å². The highest BCUT2D eigenvalue weighted by Gasteiger charge is 2.05. The van der Waals surface area contributed by atoms with Crippen LogP contribution < -0.4 is 5.32 Å². The Bertz CT molecular complexity index is 398. The molecular formula is C13H18ClN3. The van der Waals surface area contributed by atoms with Gasteiger partial charge < -0.3 is 5.32 Å². The van der Waals surface area contributed by atoms with Crippen molar-refractivity contribution in [3.05, 3.63) is 22.8 Å². The van der Waals surface area contributed by atoms with Gasteiger partial charge in [-0.05, 0) is 25.5 Å². The summed E-state index contributed by atoms with van der Waals surface area (Å²) in [5, 5.41) is 12.5. The Balaban J connectivity index is 2.56. The van der Waals surface area contributed by atoms with Crippen molar-refractivity contribution in [3.63, 3.8) is 0 Å². The highest BCUT2D eigenvalue weighted by atomic mass is 35.5. The second-order valence-corrected chi connectivity index (χ2v) is 4.60. The third kappa shape index (κ3) is 5.06. The molecule has 1 rings (SSSR count). The second kappa shape index (κ2) is 7.13. The smallest absolute Gasteiger partial charge is 0.132 e. The zero-order valence-electron chi connectivity index (χ0n) is 10.3. The number of anilines is 1. The number of rotatable bonds is 6. The van der Waals surface area contributed by atoms with Gasteiger partial charge in [-0.1, -0.05) is 37.8 Å². The molecular weight excluding hydrogens is 234 g/mol. The van der Waals surface area contributed by atoms with Crippen molar-refractivity contribution in [2.45, 2.75) is 45.6 Å². The lowest BCUT2D eigenvalue weighted by molar-refractivity contribution is 0.614. The van der Waals surface area contributed by atoms with Crippen molar-refractivity contribution in [1.29, 1.82) is 5.26 Å². The molecule has 4 heteroatoms. The Morgan fingerprint density at radius 2 is 2.24 bits per heavy atom. The fourth-order valence-corrected chi connectivity index (χ4v) is 1.87. The maximum atomic E-state index is 8.83. The van der Waals surface area contributed by atoms with E-state index < -0.39 is 0 Å². The number of nitrogens with zero attached hydrogens (tertiary/aromatic N) is 2. The SMILES string of the molecule is CCCCCC(C)Nc1cc(C#N)cc(Cl)n1. The quantitative estimate of drug-likeness (QED) is 0.614. The zero-order chi connectivity index (χ0) is 12.7. The van der Waals surface area contributed by atoms with Crippen LogP contribution in [0.4, 0.5) is 5.82 Å². The fraction of sp³-hybridized carbons (Fsp3) is 0.538. The fourth-order valence-electron chi connectivity index (χ4n) is 1.66. The summed E-state index contributed by atoms with van der Waals surface area (Å²) in [6, 6.07) is 5.70. The van der Waals surface area contributed by atoms with Crippen LogP contribution in [0.3, 0.4) is 0 Å². The van der Waals surface area contributed by atoms with E-state index in [1.165, 1.54) is 19.3 Å². The first kappa shape index (κ1) is 13.8. The zero-order valence-corrected chi connectivity index (χ0v) is 11.1. The van der Waals surface area contributed by atoms with Gasteiger partial charge in [0.15, 0.2) is 0 Å². The van der Waals surface area contributed by atoms with Crippen LogP contribution in [0.1, 0.15) is 45.1 Å². The Kier molecular flexibility index (Phi) is 5.79. The van der Waals surface area contributed by atoms with Crippen molar-refractivity contribution in [3.8, 4) is 6.07 Å². The van der Waals surface area contributed by atoms with Gasteiger partial charge in [-0.15, -0.1) is 0 Å². The van der Waals surface area contributed by atoms with E-state index in [0.29, 0.717) is 22.6 Å². The summed E-state index contributed by atoms with van der Waals surface area (Å²) in [5.74, 6) is 0.679. The molecule has 0 fully saturated rings. The molecule has 0 saturated carbocycles. The molecule has 3 nitrogen and oxygen atoms in total. The number of halogens is 1. The van der Waals surface area contributed by atoms with Crippen molar-refractivity contribution in [2.24, 2.45) is 0 Å². The van der Waals surface area contributed by atoms with Gasteiger partial charge in [0, 0.05) is 6.04 Å². The largest absolute Gasteiger partial charge is 0.368 e. The highest BCUT2D eigenvalue weighted by molar-refractivity contribution is 6.29. The molecule has 0 bridgehead atoms. The van der Waals surface area contributed by atoms with Gasteiger partial charge in [0.05, 0.1) is 11.6 Å². The van der Waals surface area contributed by atoms with Gasteiger partial charge in [0.2, 0.25) is 0 Å². The van der Waals surface area contributed by atoms with Crippen LogP contribution in [0, 0.1) is 11.3 Å². The number of aromatic nitrogens is 1. The summed E-state index contributed by atoms with van der Waals surface area (Å²) >= 11 is 5.84. The third-order valence-electron chi connectivity index (χ3n) is 2.56. The summed E-state index contributed by atoms with van der Waals surface area (Å²) in [6.07, 6.45) is 4.78. The average Bonchev–Trinajstić information content (AvgIpc) is 2.28. The van der Waals surface area contributed by atoms with Gasteiger partial charge >= 0.3 is 0 Å². The van der Waals surface area contributed by atoms with Gasteiger partial charge in [-0.2, -0.15) is 5.26 Å². The van der Waals surface area contributed by atoms with Crippen LogP contribution >= 0.6 is 11.6 Å². The number of hydrogen-bond donors (Lipinski definition) is 1. The molecule has 1 N–H and O–H groups in total. The van der Waals surface area contributed by atoms with Gasteiger partial charge in [0.1, 0.15) is 11.0 Å². The van der Waals surface area contributed by atoms with E-state index in [4.69, 9.17) is 16.9 Å². The molecule has 1 atom stereocenters. The number of pyridine rings is 1. The maximum absolute atomic E-state index is 8.83. The predicted molar refractivity (Wildman–Crippen MR) is 71.2 cm³/mol. The lowest BCUT2D eigenvalue weighted by atomic mass is 10.1. The molecule has 1 aromatic rings. The van der Waals surface area contributed by atoms with Crippen LogP contribution in [-0.2, 0) is 0 Å². The molecule has 0 amide bonds. The summed E-state index contributed by atoms with van der Waals surface area (Å²) in [7, 11) is 0. The number of nitrogens with one attached hydrogen (secondary N) is 1. The van der Waals surface area contributed by atoms with Crippen molar-refractivity contribution in [2.75, 3.05) is 5.32 Å². The summed E-state index contributed by atoms with van der Waals surface area (Å²) < 4.78 is 0. The minimum absolute atomic E-state index is 0.346. The monoisotopic (exact) mass is 251 g/mol. The molecule has 17 heavy (non-hydrogen) atoms. The predicted octanol–water partition coefficient (Wildman–Crippen LogP) is 3.99. The Hall–Kier alpha value is -1.27. The number of hydrogen-bond acceptors (Lipinski definition) is 3. The molecule has 1 heterocycles. The summed E-state index contributed by atoms with van der Waals surface area (Å²) in [5.41, 5.74) is 0.535. The van der Waals surface area contributed by atoms with E-state index in [1.54, 1.807) is 12.1 Å². The molecule has 92 valence electrons. The molecule has 0 spiro atoms. The number of unbranched alkanes of at least 4 members (excludes halogenated alkanes) is 2. The van der Waals surface area contributed by atoms with Gasteiger partial charge in [-0.25, -0.2) is 4.98 Å². The van der Waals surface area contributed by atoms with Crippen LogP contribution in [0.25, 0.3) is 0 Å². The van der Waals surface area contributed by atoms with E-state index in [0.717, 1.165) is 6.42 Å². The van der Waals surface area contributed by atoms with Gasteiger partial charge in [-0.3, -0.25) is 0 Å². The molecule has 0 aliphatic carbocycles. The number of nitriles is 1. The lowest BCUT2D eigenvalue weighted by Gasteiger charge is -2.14. The Morgan fingerprint density at radius 3 is 2.88 bits per heavy atom. The van der Waals surface area contributed by atoms with Gasteiger partial charge in [0.25, 0.3) is 0 Å². The van der Waals surface area contributed by atoms with Crippen LogP contribution in [0.2, 0.25) is 5.15 Å². The molecule has 0 aromatic carbocycles. The summed E-state index contributed by atoms with van der Waals surface area (Å²) in [6.45, 7) is 4.31. The topological polar surface area (TPSA) is 48.7 Å². The third-order valence-corrected chi connectivity index (χ3v) is 2.75. The van der Waals surface area contributed by atoms with Crippen LogP contribution in [0.5, 0.6) is 0 Å². The molecule has 0 radical (unpaired) electrons. The molecule has 1 aromatic heterocycles. The van der Waals surface area contributed by atoms with Crippen molar-refractivity contribution in [1.82, 2.24) is 4.98 Å². The first-order valence-electron chi connectivity index (χ1n) is 6.00. The molecule has 0 aliphatic rings. The van der Waals surface area contributed by atoms with Crippen molar-refractivity contribution < 1.29 is 0 Å². The molecule has 1 unspecified atom stereocenters. The van der Waals surface area contributed by atoms with Crippen LogP contribution in [0.15, 0.2) is 12.1 Å².